The normalized spacial score (nSPS) is 16.8. The van der Waals surface area contributed by atoms with E-state index in [0.29, 0.717) is 17.2 Å². The van der Waals surface area contributed by atoms with Crippen LogP contribution in [0, 0.1) is 0 Å². The first-order valence-electron chi connectivity index (χ1n) is 8.21. The Kier molecular flexibility index (Phi) is 4.69. The summed E-state index contributed by atoms with van der Waals surface area (Å²) in [6, 6.07) is 13.7. The lowest BCUT2D eigenvalue weighted by Gasteiger charge is -2.37. The minimum atomic E-state index is -2.55. The van der Waals surface area contributed by atoms with E-state index in [1.165, 1.54) is 11.9 Å². The molecule has 2 heterocycles. The Morgan fingerprint density at radius 2 is 1.88 bits per heavy atom. The summed E-state index contributed by atoms with van der Waals surface area (Å²) in [7, 11) is 1.86. The minimum Gasteiger partial charge on any atom is -0.458 e. The van der Waals surface area contributed by atoms with Crippen LogP contribution in [0.5, 0.6) is 0 Å². The van der Waals surface area contributed by atoms with Crippen LogP contribution < -0.4 is 5.32 Å². The maximum absolute atomic E-state index is 12.9. The number of fused-ring (bicyclic) bond motifs is 1. The highest BCUT2D eigenvalue weighted by atomic mass is 35.5. The summed E-state index contributed by atoms with van der Waals surface area (Å²) in [4.78, 5) is 0.941. The highest BCUT2D eigenvalue weighted by Crippen LogP contribution is 2.37. The summed E-state index contributed by atoms with van der Waals surface area (Å²) < 4.78 is 33.2. The van der Waals surface area contributed by atoms with Gasteiger partial charge in [-0.15, -0.1) is 0 Å². The van der Waals surface area contributed by atoms with Crippen molar-refractivity contribution in [1.82, 2.24) is 9.62 Å². The fourth-order valence-corrected chi connectivity index (χ4v) is 4.31. The third-order valence-electron chi connectivity index (χ3n) is 4.21. The minimum absolute atomic E-state index is 0.193. The van der Waals surface area contributed by atoms with Crippen LogP contribution in [0.15, 0.2) is 51.8 Å². The van der Waals surface area contributed by atoms with Crippen LogP contribution in [0.25, 0.3) is 22.1 Å². The van der Waals surface area contributed by atoms with Gasteiger partial charge >= 0.3 is 0 Å². The van der Waals surface area contributed by atoms with Gasteiger partial charge in [-0.25, -0.2) is 13.1 Å². The quantitative estimate of drug-likeness (QED) is 0.584. The second kappa shape index (κ2) is 6.85. The van der Waals surface area contributed by atoms with E-state index in [0.717, 1.165) is 27.2 Å². The van der Waals surface area contributed by atoms with Gasteiger partial charge in [0.25, 0.3) is 5.92 Å². The first kappa shape index (κ1) is 17.8. The van der Waals surface area contributed by atoms with Crippen molar-refractivity contribution >= 4 is 34.5 Å². The van der Waals surface area contributed by atoms with Crippen LogP contribution in [-0.2, 0) is 6.54 Å². The summed E-state index contributed by atoms with van der Waals surface area (Å²) in [6.07, 6.45) is 0. The van der Waals surface area contributed by atoms with Gasteiger partial charge in [-0.05, 0) is 60.5 Å². The maximum Gasteiger partial charge on any atom is 0.274 e. The second-order valence-corrected chi connectivity index (χ2v) is 7.97. The van der Waals surface area contributed by atoms with Crippen molar-refractivity contribution in [3.63, 3.8) is 0 Å². The number of alkyl halides is 2. The molecule has 0 amide bonds. The number of hydrogen-bond acceptors (Lipinski definition) is 4. The molecule has 1 aliphatic heterocycles. The first-order valence-corrected chi connectivity index (χ1v) is 9.36. The lowest BCUT2D eigenvalue weighted by atomic mass is 10.0. The highest BCUT2D eigenvalue weighted by Gasteiger charge is 2.44. The summed E-state index contributed by atoms with van der Waals surface area (Å²) in [5.74, 6) is -1.71. The molecular formula is C19H17ClF2N2OS. The van der Waals surface area contributed by atoms with Gasteiger partial charge in [-0.1, -0.05) is 23.7 Å². The van der Waals surface area contributed by atoms with Crippen LogP contribution in [0.3, 0.4) is 0 Å². The zero-order valence-corrected chi connectivity index (χ0v) is 15.6. The molecule has 136 valence electrons. The molecule has 0 bridgehead atoms. The fourth-order valence-electron chi connectivity index (χ4n) is 2.98. The van der Waals surface area contributed by atoms with E-state index in [4.69, 9.17) is 16.0 Å². The Bertz CT molecular complexity index is 935. The largest absolute Gasteiger partial charge is 0.458 e. The highest BCUT2D eigenvalue weighted by molar-refractivity contribution is 7.97. The van der Waals surface area contributed by atoms with Gasteiger partial charge in [0.1, 0.15) is 5.76 Å². The molecule has 0 radical (unpaired) electrons. The molecular weight excluding hydrogens is 378 g/mol. The lowest BCUT2D eigenvalue weighted by Crippen LogP contribution is -2.52. The molecule has 7 heteroatoms. The molecule has 0 atom stereocenters. The molecule has 3 aromatic rings. The summed E-state index contributed by atoms with van der Waals surface area (Å²) in [6.45, 7) is 0.254. The van der Waals surface area contributed by atoms with Crippen molar-refractivity contribution in [1.29, 1.82) is 0 Å². The SMILES string of the molecule is CNCc1cc2cc(-c3ccc(SN4CC(F)(F)C4)cc3)cc(Cl)c2o1. The van der Waals surface area contributed by atoms with Crippen molar-refractivity contribution < 1.29 is 13.2 Å². The van der Waals surface area contributed by atoms with Crippen LogP contribution in [-0.4, -0.2) is 30.4 Å². The van der Waals surface area contributed by atoms with Crippen LogP contribution >= 0.6 is 23.5 Å². The number of rotatable bonds is 5. The smallest absolute Gasteiger partial charge is 0.274 e. The molecule has 1 aromatic heterocycles. The van der Waals surface area contributed by atoms with Gasteiger partial charge in [-0.2, -0.15) is 0 Å². The van der Waals surface area contributed by atoms with E-state index >= 15 is 0 Å². The second-order valence-electron chi connectivity index (χ2n) is 6.39. The van der Waals surface area contributed by atoms with E-state index in [2.05, 4.69) is 5.32 Å². The maximum atomic E-state index is 12.9. The predicted octanol–water partition coefficient (Wildman–Crippen LogP) is 5.43. The zero-order valence-electron chi connectivity index (χ0n) is 14.1. The van der Waals surface area contributed by atoms with E-state index in [1.54, 1.807) is 4.31 Å². The molecule has 4 rings (SSSR count). The molecule has 0 saturated carbocycles. The van der Waals surface area contributed by atoms with Crippen molar-refractivity contribution in [3.8, 4) is 11.1 Å². The number of halogens is 3. The topological polar surface area (TPSA) is 28.4 Å². The van der Waals surface area contributed by atoms with E-state index in [1.807, 2.05) is 49.5 Å². The van der Waals surface area contributed by atoms with Gasteiger partial charge in [0, 0.05) is 10.3 Å². The standard InChI is InChI=1S/C19H17ClF2N2OS/c1-23-9-15-7-14-6-13(8-17(20)18(14)25-15)12-2-4-16(5-3-12)26-24-10-19(21,22)11-24/h2-8,23H,9-11H2,1H3. The number of furan rings is 1. The average molecular weight is 395 g/mol. The molecule has 1 aliphatic rings. The van der Waals surface area contributed by atoms with Gasteiger partial charge in [0.05, 0.1) is 24.7 Å². The Morgan fingerprint density at radius 3 is 2.54 bits per heavy atom. The van der Waals surface area contributed by atoms with E-state index < -0.39 is 5.92 Å². The average Bonchev–Trinajstić information content (AvgIpc) is 2.97. The third-order valence-corrected chi connectivity index (χ3v) is 5.49. The molecule has 1 saturated heterocycles. The summed E-state index contributed by atoms with van der Waals surface area (Å²) in [5.41, 5.74) is 2.70. The predicted molar refractivity (Wildman–Crippen MR) is 102 cm³/mol. The molecule has 0 aliphatic carbocycles. The molecule has 3 nitrogen and oxygen atoms in total. The number of nitrogens with one attached hydrogen (secondary N) is 1. The van der Waals surface area contributed by atoms with Crippen molar-refractivity contribution in [3.05, 3.63) is 53.2 Å². The van der Waals surface area contributed by atoms with Crippen molar-refractivity contribution in [2.45, 2.75) is 17.4 Å². The van der Waals surface area contributed by atoms with Gasteiger partial charge in [0.2, 0.25) is 0 Å². The molecule has 0 spiro atoms. The van der Waals surface area contributed by atoms with Gasteiger partial charge < -0.3 is 9.73 Å². The van der Waals surface area contributed by atoms with Crippen LogP contribution in [0.2, 0.25) is 5.02 Å². The molecule has 26 heavy (non-hydrogen) atoms. The third kappa shape index (κ3) is 3.60. The first-order chi connectivity index (χ1) is 12.4. The molecule has 1 fully saturated rings. The van der Waals surface area contributed by atoms with Gasteiger partial charge in [0.15, 0.2) is 5.58 Å². The zero-order chi connectivity index (χ0) is 18.3. The number of hydrogen-bond donors (Lipinski definition) is 1. The van der Waals surface area contributed by atoms with Crippen molar-refractivity contribution in [2.75, 3.05) is 20.1 Å². The Hall–Kier alpha value is -1.60. The van der Waals surface area contributed by atoms with Crippen LogP contribution in [0.1, 0.15) is 5.76 Å². The van der Waals surface area contributed by atoms with Crippen LogP contribution in [0.4, 0.5) is 8.78 Å². The summed E-state index contributed by atoms with van der Waals surface area (Å²) >= 11 is 7.74. The summed E-state index contributed by atoms with van der Waals surface area (Å²) in [5, 5.41) is 4.58. The van der Waals surface area contributed by atoms with E-state index in [9.17, 15) is 8.78 Å². The van der Waals surface area contributed by atoms with Gasteiger partial charge in [-0.3, -0.25) is 0 Å². The Labute approximate surface area is 159 Å². The number of nitrogens with zero attached hydrogens (tertiary/aromatic N) is 1. The fraction of sp³-hybridized carbons (Fsp3) is 0.263. The molecule has 2 aromatic carbocycles. The molecule has 1 N–H and O–H groups in total. The monoisotopic (exact) mass is 394 g/mol. The van der Waals surface area contributed by atoms with Crippen molar-refractivity contribution in [2.24, 2.45) is 0 Å². The number of benzene rings is 2. The Morgan fingerprint density at radius 1 is 1.15 bits per heavy atom. The lowest BCUT2D eigenvalue weighted by molar-refractivity contribution is -0.0905. The Balaban J connectivity index is 1.55. The van der Waals surface area contributed by atoms with E-state index in [-0.39, 0.29) is 13.1 Å². The molecule has 0 unspecified atom stereocenters.